The van der Waals surface area contributed by atoms with E-state index in [1.165, 1.54) is 4.31 Å². The molecule has 1 heterocycles. The number of hydrogen-bond acceptors (Lipinski definition) is 3. The average Bonchev–Trinajstić information content (AvgIpc) is 2.39. The Morgan fingerprint density at radius 3 is 2.60 bits per heavy atom. The number of hydrogen-bond donors (Lipinski definition) is 2. The first-order chi connectivity index (χ1) is 9.38. The Bertz CT molecular complexity index is 549. The van der Waals surface area contributed by atoms with Crippen LogP contribution < -0.4 is 10.5 Å². The fourth-order valence-electron chi connectivity index (χ4n) is 2.32. The summed E-state index contributed by atoms with van der Waals surface area (Å²) in [4.78, 5) is 0. The Morgan fingerprint density at radius 2 is 2.00 bits per heavy atom. The lowest BCUT2D eigenvalue weighted by Gasteiger charge is -2.29. The summed E-state index contributed by atoms with van der Waals surface area (Å²) in [6.45, 7) is 5.20. The molecule has 1 atom stereocenters. The predicted molar refractivity (Wildman–Crippen MR) is 81.6 cm³/mol. The molecular formula is C14H23N3O2S. The molecule has 112 valence electrons. The van der Waals surface area contributed by atoms with Crippen LogP contribution in [0.2, 0.25) is 0 Å². The maximum absolute atomic E-state index is 12.3. The van der Waals surface area contributed by atoms with Gasteiger partial charge in [0.15, 0.2) is 0 Å². The number of benzene rings is 1. The summed E-state index contributed by atoms with van der Waals surface area (Å²) in [6.07, 6.45) is 1.83. The highest BCUT2D eigenvalue weighted by Gasteiger charge is 2.26. The van der Waals surface area contributed by atoms with Crippen molar-refractivity contribution in [3.8, 4) is 0 Å². The standard InChI is InChI=1S/C14H23N3O2S/c1-11-6-8-17(9-7-11)20(18,19)16-14-5-3-4-13(10-14)12(2)15/h3-5,10-12,16H,6-9,15H2,1-2H3. The Hall–Kier alpha value is -1.11. The van der Waals surface area contributed by atoms with Crippen LogP contribution in [0.1, 0.15) is 38.3 Å². The van der Waals surface area contributed by atoms with Crippen LogP contribution in [-0.2, 0) is 10.2 Å². The van der Waals surface area contributed by atoms with Crippen LogP contribution in [0.5, 0.6) is 0 Å². The smallest absolute Gasteiger partial charge is 0.301 e. The highest BCUT2D eigenvalue weighted by molar-refractivity contribution is 7.90. The fourth-order valence-corrected chi connectivity index (χ4v) is 3.57. The maximum Gasteiger partial charge on any atom is 0.301 e. The number of piperidine rings is 1. The normalized spacial score (nSPS) is 19.8. The van der Waals surface area contributed by atoms with Crippen LogP contribution in [0.3, 0.4) is 0 Å². The second kappa shape index (κ2) is 6.11. The van der Waals surface area contributed by atoms with Gasteiger partial charge in [-0.05, 0) is 43.4 Å². The molecule has 0 amide bonds. The Labute approximate surface area is 121 Å². The minimum atomic E-state index is -3.46. The third kappa shape index (κ3) is 3.71. The van der Waals surface area contributed by atoms with Crippen LogP contribution in [0, 0.1) is 5.92 Å². The highest BCUT2D eigenvalue weighted by atomic mass is 32.2. The predicted octanol–water partition coefficient (Wildman–Crippen LogP) is 2.09. The zero-order chi connectivity index (χ0) is 14.8. The summed E-state index contributed by atoms with van der Waals surface area (Å²) in [5.41, 5.74) is 7.30. The van der Waals surface area contributed by atoms with Gasteiger partial charge < -0.3 is 5.73 Å². The third-order valence-electron chi connectivity index (χ3n) is 3.74. The quantitative estimate of drug-likeness (QED) is 0.893. The Morgan fingerprint density at radius 1 is 1.35 bits per heavy atom. The molecule has 0 aliphatic carbocycles. The lowest BCUT2D eigenvalue weighted by atomic mass is 10.0. The molecule has 0 aromatic heterocycles. The van der Waals surface area contributed by atoms with Crippen LogP contribution in [-0.4, -0.2) is 25.8 Å². The average molecular weight is 297 g/mol. The SMILES string of the molecule is CC1CCN(S(=O)(=O)Nc2cccc(C(C)N)c2)CC1. The van der Waals surface area contributed by atoms with Gasteiger partial charge in [-0.2, -0.15) is 12.7 Å². The first-order valence-corrected chi connectivity index (χ1v) is 8.46. The first-order valence-electron chi connectivity index (χ1n) is 7.02. The second-order valence-corrected chi connectivity index (χ2v) is 7.27. The Kier molecular flexibility index (Phi) is 4.67. The van der Waals surface area contributed by atoms with Crippen molar-refractivity contribution >= 4 is 15.9 Å². The molecule has 1 aromatic carbocycles. The molecule has 2 rings (SSSR count). The van der Waals surface area contributed by atoms with Crippen molar-refractivity contribution in [3.63, 3.8) is 0 Å². The molecule has 0 bridgehead atoms. The lowest BCUT2D eigenvalue weighted by molar-refractivity contribution is 0.289. The molecule has 5 nitrogen and oxygen atoms in total. The van der Waals surface area contributed by atoms with Gasteiger partial charge in [-0.1, -0.05) is 19.1 Å². The number of anilines is 1. The van der Waals surface area contributed by atoms with E-state index in [2.05, 4.69) is 11.6 Å². The molecular weight excluding hydrogens is 274 g/mol. The maximum atomic E-state index is 12.3. The molecule has 1 aliphatic heterocycles. The van der Waals surface area contributed by atoms with Crippen LogP contribution >= 0.6 is 0 Å². The zero-order valence-electron chi connectivity index (χ0n) is 12.0. The van der Waals surface area contributed by atoms with Gasteiger partial charge in [0.25, 0.3) is 0 Å². The van der Waals surface area contributed by atoms with Crippen molar-refractivity contribution in [2.24, 2.45) is 11.7 Å². The van der Waals surface area contributed by atoms with E-state index >= 15 is 0 Å². The number of rotatable bonds is 4. The molecule has 0 radical (unpaired) electrons. The summed E-state index contributed by atoms with van der Waals surface area (Å²) in [5, 5.41) is 0. The van der Waals surface area contributed by atoms with Crippen LogP contribution in [0.4, 0.5) is 5.69 Å². The van der Waals surface area contributed by atoms with Crippen molar-refractivity contribution in [2.45, 2.75) is 32.7 Å². The summed E-state index contributed by atoms with van der Waals surface area (Å²) >= 11 is 0. The van der Waals surface area contributed by atoms with Gasteiger partial charge in [0, 0.05) is 19.1 Å². The summed E-state index contributed by atoms with van der Waals surface area (Å²) < 4.78 is 28.8. The van der Waals surface area contributed by atoms with E-state index in [0.29, 0.717) is 24.7 Å². The summed E-state index contributed by atoms with van der Waals surface area (Å²) in [7, 11) is -3.46. The lowest BCUT2D eigenvalue weighted by Crippen LogP contribution is -2.41. The number of nitrogens with one attached hydrogen (secondary N) is 1. The molecule has 3 N–H and O–H groups in total. The molecule has 1 aromatic rings. The van der Waals surface area contributed by atoms with E-state index in [1.807, 2.05) is 19.1 Å². The number of nitrogens with two attached hydrogens (primary N) is 1. The van der Waals surface area contributed by atoms with E-state index in [0.717, 1.165) is 18.4 Å². The highest BCUT2D eigenvalue weighted by Crippen LogP contribution is 2.21. The molecule has 0 spiro atoms. The van der Waals surface area contributed by atoms with Crippen molar-refractivity contribution in [3.05, 3.63) is 29.8 Å². The van der Waals surface area contributed by atoms with E-state index in [9.17, 15) is 8.42 Å². The van der Waals surface area contributed by atoms with Gasteiger partial charge >= 0.3 is 10.2 Å². The molecule has 20 heavy (non-hydrogen) atoms. The molecule has 1 saturated heterocycles. The Balaban J connectivity index is 2.10. The topological polar surface area (TPSA) is 75.4 Å². The molecule has 1 unspecified atom stereocenters. The molecule has 6 heteroatoms. The minimum Gasteiger partial charge on any atom is -0.324 e. The zero-order valence-corrected chi connectivity index (χ0v) is 12.9. The first kappa shape index (κ1) is 15.3. The van der Waals surface area contributed by atoms with E-state index in [1.54, 1.807) is 12.1 Å². The van der Waals surface area contributed by atoms with Gasteiger partial charge in [-0.3, -0.25) is 4.72 Å². The van der Waals surface area contributed by atoms with E-state index < -0.39 is 10.2 Å². The van der Waals surface area contributed by atoms with Crippen molar-refractivity contribution in [2.75, 3.05) is 17.8 Å². The fraction of sp³-hybridized carbons (Fsp3) is 0.571. The van der Waals surface area contributed by atoms with Crippen LogP contribution in [0.25, 0.3) is 0 Å². The molecule has 1 aliphatic rings. The molecule has 1 fully saturated rings. The van der Waals surface area contributed by atoms with E-state index in [4.69, 9.17) is 5.73 Å². The van der Waals surface area contributed by atoms with Gasteiger partial charge in [0.05, 0.1) is 5.69 Å². The van der Waals surface area contributed by atoms with Gasteiger partial charge in [-0.15, -0.1) is 0 Å². The van der Waals surface area contributed by atoms with Gasteiger partial charge in [0.2, 0.25) is 0 Å². The van der Waals surface area contributed by atoms with Crippen LogP contribution in [0.15, 0.2) is 24.3 Å². The van der Waals surface area contributed by atoms with Crippen molar-refractivity contribution < 1.29 is 8.42 Å². The van der Waals surface area contributed by atoms with Crippen molar-refractivity contribution in [1.29, 1.82) is 0 Å². The molecule has 0 saturated carbocycles. The largest absolute Gasteiger partial charge is 0.324 e. The van der Waals surface area contributed by atoms with Gasteiger partial charge in [0.1, 0.15) is 0 Å². The summed E-state index contributed by atoms with van der Waals surface area (Å²) in [6, 6.07) is 7.13. The van der Waals surface area contributed by atoms with Crippen molar-refractivity contribution in [1.82, 2.24) is 4.31 Å². The van der Waals surface area contributed by atoms with Gasteiger partial charge in [-0.25, -0.2) is 0 Å². The number of nitrogens with zero attached hydrogens (tertiary/aromatic N) is 1. The third-order valence-corrected chi connectivity index (χ3v) is 5.28. The minimum absolute atomic E-state index is 0.115. The second-order valence-electron chi connectivity index (χ2n) is 5.60. The summed E-state index contributed by atoms with van der Waals surface area (Å²) in [5.74, 6) is 0.600. The van der Waals surface area contributed by atoms with E-state index in [-0.39, 0.29) is 6.04 Å². The monoisotopic (exact) mass is 297 g/mol.